The average molecular weight is 436 g/mol. The molecule has 0 bridgehead atoms. The minimum absolute atomic E-state index is 0.000147. The molecule has 9 atom stereocenters. The van der Waals surface area contributed by atoms with E-state index in [0.717, 1.165) is 5.57 Å². The van der Waals surface area contributed by atoms with E-state index in [0.29, 0.717) is 19.3 Å². The van der Waals surface area contributed by atoms with Gasteiger partial charge in [0.2, 0.25) is 0 Å². The fraction of sp³-hybridized carbons (Fsp3) is 0.760. The molecule has 0 aromatic rings. The van der Waals surface area contributed by atoms with Gasteiger partial charge in [-0.1, -0.05) is 38.8 Å². The summed E-state index contributed by atoms with van der Waals surface area (Å²) in [5, 5.41) is 21.9. The normalized spacial score (nSPS) is 56.2. The van der Waals surface area contributed by atoms with Crippen molar-refractivity contribution in [2.75, 3.05) is 6.56 Å². The number of ketones is 2. The summed E-state index contributed by atoms with van der Waals surface area (Å²) in [6.45, 7) is 2.17. The van der Waals surface area contributed by atoms with Crippen LogP contribution in [0.2, 0.25) is 0 Å². The molecule has 3 saturated carbocycles. The van der Waals surface area contributed by atoms with E-state index in [1.165, 1.54) is 6.08 Å². The van der Waals surface area contributed by atoms with E-state index in [-0.39, 0.29) is 43.2 Å². The van der Waals surface area contributed by atoms with Crippen LogP contribution in [0.15, 0.2) is 23.8 Å². The molecule has 0 radical (unpaired) electrons. The lowest BCUT2D eigenvalue weighted by Gasteiger charge is -2.59. The molecule has 0 amide bonds. The molecule has 5 aliphatic rings. The Hall–Kier alpha value is -1.34. The Labute approximate surface area is 190 Å². The number of fused-ring (bicyclic) bond motifs is 7. The Bertz CT molecular complexity index is 1090. The maximum atomic E-state index is 13.6. The van der Waals surface area contributed by atoms with Gasteiger partial charge in [0.25, 0.3) is 0 Å². The van der Waals surface area contributed by atoms with Gasteiger partial charge in [0.05, 0.1) is 19.1 Å². The van der Waals surface area contributed by atoms with Gasteiger partial charge in [0.1, 0.15) is 6.56 Å². The quantitative estimate of drug-likeness (QED) is 0.705. The number of rotatable bonds is 4. The number of ether oxygens (including phenoxy) is 2. The second kappa shape index (κ2) is 7.08. The Morgan fingerprint density at radius 3 is 2.94 bits per heavy atom. The molecule has 0 aromatic heterocycles. The van der Waals surface area contributed by atoms with Gasteiger partial charge in [-0.25, -0.2) is 0 Å². The van der Waals surface area contributed by atoms with Crippen LogP contribution < -0.4 is 0 Å². The summed E-state index contributed by atoms with van der Waals surface area (Å²) in [7, 11) is 0. The first-order valence-electron chi connectivity index (χ1n) is 13.8. The van der Waals surface area contributed by atoms with Crippen molar-refractivity contribution >= 4 is 11.6 Å². The molecule has 5 rings (SSSR count). The summed E-state index contributed by atoms with van der Waals surface area (Å²) in [4.78, 5) is 25.9. The number of hydrogen-bond acceptors (Lipinski definition) is 6. The monoisotopic (exact) mass is 435 g/mol. The van der Waals surface area contributed by atoms with E-state index in [9.17, 15) is 19.8 Å². The maximum Gasteiger partial charge on any atom is 0.193 e. The van der Waals surface area contributed by atoms with Crippen LogP contribution in [0.1, 0.15) is 66.1 Å². The topological polar surface area (TPSA) is 93.1 Å². The lowest BCUT2D eigenvalue weighted by Crippen LogP contribution is -2.63. The van der Waals surface area contributed by atoms with E-state index in [2.05, 4.69) is 0 Å². The Morgan fingerprint density at radius 2 is 2.23 bits per heavy atom. The van der Waals surface area contributed by atoms with Gasteiger partial charge in [-0.05, 0) is 56.1 Å². The highest BCUT2D eigenvalue weighted by Gasteiger charge is 2.75. The van der Waals surface area contributed by atoms with Crippen LogP contribution in [-0.4, -0.2) is 52.4 Å². The van der Waals surface area contributed by atoms with Gasteiger partial charge in [0, 0.05) is 16.7 Å². The van der Waals surface area contributed by atoms with Crippen molar-refractivity contribution in [1.82, 2.24) is 0 Å². The highest BCUT2D eigenvalue weighted by molar-refractivity contribution is 6.01. The summed E-state index contributed by atoms with van der Waals surface area (Å²) in [5.74, 6) is -2.73. The largest absolute Gasteiger partial charge is 0.393 e. The van der Waals surface area contributed by atoms with Crippen LogP contribution in [0.5, 0.6) is 0 Å². The van der Waals surface area contributed by atoms with Crippen LogP contribution in [-0.2, 0) is 19.1 Å². The van der Waals surface area contributed by atoms with E-state index < -0.39 is 58.9 Å². The number of carbonyl (C=O) groups excluding carboxylic acids is 2. The molecule has 2 N–H and O–H groups in total. The molecule has 1 aliphatic heterocycles. The highest BCUT2D eigenvalue weighted by atomic mass is 16.7. The number of aliphatic hydroxyl groups excluding tert-OH is 1. The van der Waals surface area contributed by atoms with E-state index >= 15 is 0 Å². The molecule has 31 heavy (non-hydrogen) atoms. The number of hydrogen-bond donors (Lipinski definition) is 2. The number of allylic oxidation sites excluding steroid dienone is 4. The fourth-order valence-electron chi connectivity index (χ4n) is 7.63. The van der Waals surface area contributed by atoms with Crippen LogP contribution in [0.25, 0.3) is 0 Å². The van der Waals surface area contributed by atoms with Crippen molar-refractivity contribution in [3.05, 3.63) is 23.8 Å². The molecular weight excluding hydrogens is 396 g/mol. The van der Waals surface area contributed by atoms with Crippen LogP contribution >= 0.6 is 0 Å². The van der Waals surface area contributed by atoms with Crippen molar-refractivity contribution in [3.63, 3.8) is 0 Å². The third-order valence-corrected chi connectivity index (χ3v) is 8.89. The zero-order chi connectivity index (χ0) is 26.6. The van der Waals surface area contributed by atoms with Crippen LogP contribution in [0.4, 0.5) is 0 Å². The zero-order valence-electron chi connectivity index (χ0n) is 23.2. The van der Waals surface area contributed by atoms with Gasteiger partial charge in [-0.2, -0.15) is 0 Å². The number of Topliss-reactive ketones (excluding diaryl/α,β-unsaturated/α-hetero) is 1. The standard InChI is InChI=1S/C25H34O6/c1-4-5-21-30-20-11-17-16-7-6-14-10-15(27)8-9-23(14,2)22(16)18(28)12-24(17,3)25(20,31-21)19(29)13-26/h8-10,16-18,20-22,26,28H,4-7,11-13H2,1-3H3/t16-,17-,18-,20+,21?,22+,23-,24-,25+/m0/s1/i8D,9D,13D2,21D. The second-order valence-electron chi connectivity index (χ2n) is 10.3. The first-order chi connectivity index (χ1) is 16.6. The van der Waals surface area contributed by atoms with Gasteiger partial charge in [0.15, 0.2) is 23.4 Å². The fourth-order valence-corrected chi connectivity index (χ4v) is 7.63. The van der Waals surface area contributed by atoms with Crippen LogP contribution in [0.3, 0.4) is 0 Å². The molecule has 1 heterocycles. The highest BCUT2D eigenvalue weighted by Crippen LogP contribution is 2.69. The zero-order valence-corrected chi connectivity index (χ0v) is 18.2. The first-order valence-corrected chi connectivity index (χ1v) is 11.3. The molecule has 6 heteroatoms. The van der Waals surface area contributed by atoms with Crippen LogP contribution in [0, 0.1) is 28.6 Å². The summed E-state index contributed by atoms with van der Waals surface area (Å²) in [6.07, 6.45) is -0.464. The lowest BCUT2D eigenvalue weighted by atomic mass is 9.46. The third-order valence-electron chi connectivity index (χ3n) is 8.89. The Kier molecular flexibility index (Phi) is 3.72. The molecule has 170 valence electrons. The van der Waals surface area contributed by atoms with Crippen molar-refractivity contribution < 1.29 is 36.1 Å². The smallest absolute Gasteiger partial charge is 0.193 e. The van der Waals surface area contributed by atoms with E-state index in [4.69, 9.17) is 16.3 Å². The number of aliphatic hydroxyl groups is 2. The Balaban J connectivity index is 1.62. The maximum absolute atomic E-state index is 13.6. The minimum atomic E-state index is -3.23. The SMILES string of the molecule is [2H]C1=C([2H])[C@@]2(C)C(=CC1=O)CC[C@@H]1[C@@H]2[C@@H](O)C[C@@]2(C)[C@H]1C[C@H]1OC([2H])(CCC)O[C@]12C(=O)C([2H])([2H])O. The summed E-state index contributed by atoms with van der Waals surface area (Å²) in [5.41, 5.74) is -3.40. The summed E-state index contributed by atoms with van der Waals surface area (Å²) < 4.78 is 53.4. The molecule has 0 spiro atoms. The molecule has 4 aliphatic carbocycles. The molecule has 6 nitrogen and oxygen atoms in total. The summed E-state index contributed by atoms with van der Waals surface area (Å²) >= 11 is 0. The van der Waals surface area contributed by atoms with Gasteiger partial charge in [-0.3, -0.25) is 9.59 Å². The second-order valence-corrected chi connectivity index (χ2v) is 10.3. The average Bonchev–Trinajstić information content (AvgIpc) is 3.19. The first kappa shape index (κ1) is 16.3. The van der Waals surface area contributed by atoms with Crippen molar-refractivity contribution in [2.45, 2.75) is 83.4 Å². The van der Waals surface area contributed by atoms with E-state index in [1.807, 2.05) is 6.92 Å². The van der Waals surface area contributed by atoms with Crippen molar-refractivity contribution in [1.29, 1.82) is 0 Å². The third kappa shape index (κ3) is 2.65. The predicted octanol–water partition coefficient (Wildman–Crippen LogP) is 2.72. The van der Waals surface area contributed by atoms with Gasteiger partial charge >= 0.3 is 0 Å². The van der Waals surface area contributed by atoms with Gasteiger partial charge < -0.3 is 19.7 Å². The summed E-state index contributed by atoms with van der Waals surface area (Å²) in [6, 6.07) is -0.491. The van der Waals surface area contributed by atoms with E-state index in [1.54, 1.807) is 13.8 Å². The molecular formula is C25H34O6. The number of carbonyl (C=O) groups is 2. The van der Waals surface area contributed by atoms with Crippen molar-refractivity contribution in [2.24, 2.45) is 28.6 Å². The predicted molar refractivity (Wildman–Crippen MR) is 113 cm³/mol. The molecule has 1 saturated heterocycles. The molecule has 1 unspecified atom stereocenters. The van der Waals surface area contributed by atoms with Crippen molar-refractivity contribution in [3.8, 4) is 0 Å². The lowest BCUT2D eigenvalue weighted by molar-refractivity contribution is -0.200. The Morgan fingerprint density at radius 1 is 1.45 bits per heavy atom. The van der Waals surface area contributed by atoms with Gasteiger partial charge in [-0.15, -0.1) is 0 Å². The minimum Gasteiger partial charge on any atom is -0.393 e. The molecule has 4 fully saturated rings. The molecule has 0 aromatic carbocycles.